The SMILES string of the molecule is COc1ccc(C(=O)CC=Nc2cc(Cl)ccc2C)cc1. The van der Waals surface area contributed by atoms with Gasteiger partial charge in [0.2, 0.25) is 0 Å². The van der Waals surface area contributed by atoms with Crippen LogP contribution in [0.15, 0.2) is 47.5 Å². The minimum absolute atomic E-state index is 0.0149. The molecule has 4 heteroatoms. The largest absolute Gasteiger partial charge is 0.497 e. The second kappa shape index (κ2) is 7.04. The summed E-state index contributed by atoms with van der Waals surface area (Å²) in [5.74, 6) is 0.746. The number of aliphatic imine (C=N–C) groups is 1. The fourth-order valence-electron chi connectivity index (χ4n) is 1.84. The van der Waals surface area contributed by atoms with Gasteiger partial charge in [-0.25, -0.2) is 0 Å². The van der Waals surface area contributed by atoms with Crippen LogP contribution in [0.1, 0.15) is 22.3 Å². The van der Waals surface area contributed by atoms with E-state index >= 15 is 0 Å². The third kappa shape index (κ3) is 4.17. The first-order valence-electron chi connectivity index (χ1n) is 6.56. The van der Waals surface area contributed by atoms with E-state index in [4.69, 9.17) is 16.3 Å². The molecule has 2 rings (SSSR count). The highest BCUT2D eigenvalue weighted by Crippen LogP contribution is 2.22. The summed E-state index contributed by atoms with van der Waals surface area (Å²) in [5, 5.41) is 0.634. The van der Waals surface area contributed by atoms with Gasteiger partial charge in [0.1, 0.15) is 5.75 Å². The molecule has 0 amide bonds. The van der Waals surface area contributed by atoms with Crippen molar-refractivity contribution in [3.63, 3.8) is 0 Å². The van der Waals surface area contributed by atoms with E-state index in [1.165, 1.54) is 0 Å². The van der Waals surface area contributed by atoms with Crippen molar-refractivity contribution in [2.45, 2.75) is 13.3 Å². The number of nitrogens with zero attached hydrogens (tertiary/aromatic N) is 1. The molecule has 2 aromatic rings. The number of halogens is 1. The molecule has 108 valence electrons. The molecular formula is C17H16ClNO2. The van der Waals surface area contributed by atoms with E-state index in [-0.39, 0.29) is 12.2 Å². The predicted molar refractivity (Wildman–Crippen MR) is 86.3 cm³/mol. The van der Waals surface area contributed by atoms with Crippen molar-refractivity contribution in [2.75, 3.05) is 7.11 Å². The zero-order chi connectivity index (χ0) is 15.2. The first kappa shape index (κ1) is 15.3. The highest BCUT2D eigenvalue weighted by Gasteiger charge is 2.04. The van der Waals surface area contributed by atoms with Gasteiger partial charge in [-0.05, 0) is 48.9 Å². The van der Waals surface area contributed by atoms with Crippen LogP contribution in [0.5, 0.6) is 5.75 Å². The molecule has 0 bridgehead atoms. The zero-order valence-electron chi connectivity index (χ0n) is 12.0. The van der Waals surface area contributed by atoms with Gasteiger partial charge in [0.25, 0.3) is 0 Å². The van der Waals surface area contributed by atoms with Crippen LogP contribution in [0.3, 0.4) is 0 Å². The third-order valence-electron chi connectivity index (χ3n) is 3.09. The Balaban J connectivity index is 2.02. The van der Waals surface area contributed by atoms with Gasteiger partial charge < -0.3 is 4.74 Å². The Morgan fingerprint density at radius 1 is 1.24 bits per heavy atom. The minimum atomic E-state index is 0.0149. The number of carbonyl (C=O) groups is 1. The molecule has 0 aliphatic rings. The number of ketones is 1. The number of hydrogen-bond acceptors (Lipinski definition) is 3. The predicted octanol–water partition coefficient (Wildman–Crippen LogP) is 4.63. The van der Waals surface area contributed by atoms with Crippen molar-refractivity contribution >= 4 is 29.3 Å². The number of Topliss-reactive ketones (excluding diaryl/α,β-unsaturated/α-hetero) is 1. The number of ether oxygens (including phenoxy) is 1. The van der Waals surface area contributed by atoms with Gasteiger partial charge in [-0.3, -0.25) is 9.79 Å². The summed E-state index contributed by atoms with van der Waals surface area (Å²) in [6.07, 6.45) is 1.86. The van der Waals surface area contributed by atoms with E-state index in [1.807, 2.05) is 19.1 Å². The molecule has 0 saturated heterocycles. The maximum absolute atomic E-state index is 12.0. The van der Waals surface area contributed by atoms with Gasteiger partial charge in [-0.1, -0.05) is 17.7 Å². The average molecular weight is 302 g/mol. The lowest BCUT2D eigenvalue weighted by molar-refractivity contribution is 0.100. The first-order chi connectivity index (χ1) is 10.1. The molecule has 0 fully saturated rings. The lowest BCUT2D eigenvalue weighted by Crippen LogP contribution is -1.99. The van der Waals surface area contributed by atoms with E-state index in [0.717, 1.165) is 17.0 Å². The van der Waals surface area contributed by atoms with Gasteiger partial charge in [0.15, 0.2) is 5.78 Å². The smallest absolute Gasteiger partial charge is 0.168 e. The molecule has 0 saturated carbocycles. The Morgan fingerprint density at radius 3 is 2.62 bits per heavy atom. The standard InChI is InChI=1S/C17H16ClNO2/c1-12-3-6-14(18)11-16(12)19-10-9-17(20)13-4-7-15(21-2)8-5-13/h3-8,10-11H,9H2,1-2H3. The molecule has 0 atom stereocenters. The molecule has 0 spiro atoms. The zero-order valence-corrected chi connectivity index (χ0v) is 12.7. The van der Waals surface area contributed by atoms with Crippen LogP contribution in [0, 0.1) is 6.92 Å². The normalized spacial score (nSPS) is 10.8. The van der Waals surface area contributed by atoms with Crippen LogP contribution in [-0.2, 0) is 0 Å². The highest BCUT2D eigenvalue weighted by molar-refractivity contribution is 6.30. The van der Waals surface area contributed by atoms with Crippen LogP contribution in [0.2, 0.25) is 5.02 Å². The van der Waals surface area contributed by atoms with Crippen molar-refractivity contribution < 1.29 is 9.53 Å². The summed E-state index contributed by atoms with van der Waals surface area (Å²) >= 11 is 5.93. The minimum Gasteiger partial charge on any atom is -0.497 e. The van der Waals surface area contributed by atoms with E-state index in [9.17, 15) is 4.79 Å². The molecule has 2 aromatic carbocycles. The summed E-state index contributed by atoms with van der Waals surface area (Å²) in [4.78, 5) is 16.3. The molecule has 0 N–H and O–H groups in total. The van der Waals surface area contributed by atoms with Crippen molar-refractivity contribution in [3.05, 3.63) is 58.6 Å². The molecule has 0 heterocycles. The molecule has 0 aliphatic carbocycles. The molecular weight excluding hydrogens is 286 g/mol. The topological polar surface area (TPSA) is 38.7 Å². The summed E-state index contributed by atoms with van der Waals surface area (Å²) < 4.78 is 5.06. The average Bonchev–Trinajstić information content (AvgIpc) is 2.50. The molecule has 0 radical (unpaired) electrons. The maximum Gasteiger partial charge on any atom is 0.168 e. The maximum atomic E-state index is 12.0. The fraction of sp³-hybridized carbons (Fsp3) is 0.176. The lowest BCUT2D eigenvalue weighted by Gasteiger charge is -2.02. The van der Waals surface area contributed by atoms with Crippen LogP contribution < -0.4 is 4.74 Å². The molecule has 21 heavy (non-hydrogen) atoms. The summed E-state index contributed by atoms with van der Waals surface area (Å²) in [5.41, 5.74) is 2.45. The van der Waals surface area contributed by atoms with Crippen molar-refractivity contribution in [1.82, 2.24) is 0 Å². The lowest BCUT2D eigenvalue weighted by atomic mass is 10.1. The third-order valence-corrected chi connectivity index (χ3v) is 3.33. The van der Waals surface area contributed by atoms with Gasteiger partial charge >= 0.3 is 0 Å². The number of benzene rings is 2. The molecule has 0 aromatic heterocycles. The number of rotatable bonds is 5. The fourth-order valence-corrected chi connectivity index (χ4v) is 2.01. The Morgan fingerprint density at radius 2 is 1.95 bits per heavy atom. The number of methoxy groups -OCH3 is 1. The number of carbonyl (C=O) groups excluding carboxylic acids is 1. The Kier molecular flexibility index (Phi) is 5.12. The monoisotopic (exact) mass is 301 g/mol. The Bertz CT molecular complexity index is 663. The van der Waals surface area contributed by atoms with E-state index in [1.54, 1.807) is 43.7 Å². The van der Waals surface area contributed by atoms with Gasteiger partial charge in [0, 0.05) is 23.2 Å². The van der Waals surface area contributed by atoms with Crippen LogP contribution in [-0.4, -0.2) is 19.1 Å². The van der Waals surface area contributed by atoms with Crippen LogP contribution in [0.4, 0.5) is 5.69 Å². The van der Waals surface area contributed by atoms with Crippen molar-refractivity contribution in [2.24, 2.45) is 4.99 Å². The second-order valence-corrected chi connectivity index (χ2v) is 5.03. The van der Waals surface area contributed by atoms with Gasteiger partial charge in [-0.15, -0.1) is 0 Å². The van der Waals surface area contributed by atoms with Gasteiger partial charge in [-0.2, -0.15) is 0 Å². The van der Waals surface area contributed by atoms with Gasteiger partial charge in [0.05, 0.1) is 12.8 Å². The number of aryl methyl sites for hydroxylation is 1. The highest BCUT2D eigenvalue weighted by atomic mass is 35.5. The quantitative estimate of drug-likeness (QED) is 0.596. The Labute approximate surface area is 129 Å². The summed E-state index contributed by atoms with van der Waals surface area (Å²) in [7, 11) is 1.59. The van der Waals surface area contributed by atoms with E-state index in [2.05, 4.69) is 4.99 Å². The Hall–Kier alpha value is -2.13. The summed E-state index contributed by atoms with van der Waals surface area (Å²) in [6, 6.07) is 12.5. The van der Waals surface area contributed by atoms with E-state index < -0.39 is 0 Å². The van der Waals surface area contributed by atoms with Crippen molar-refractivity contribution in [1.29, 1.82) is 0 Å². The van der Waals surface area contributed by atoms with E-state index in [0.29, 0.717) is 10.6 Å². The second-order valence-electron chi connectivity index (χ2n) is 4.60. The van der Waals surface area contributed by atoms with Crippen LogP contribution >= 0.6 is 11.6 Å². The van der Waals surface area contributed by atoms with Crippen LogP contribution in [0.25, 0.3) is 0 Å². The summed E-state index contributed by atoms with van der Waals surface area (Å²) in [6.45, 7) is 1.95. The van der Waals surface area contributed by atoms with Crippen molar-refractivity contribution in [3.8, 4) is 5.75 Å². The first-order valence-corrected chi connectivity index (χ1v) is 6.94. The number of hydrogen-bond donors (Lipinski definition) is 0. The molecule has 0 unspecified atom stereocenters. The molecule has 3 nitrogen and oxygen atoms in total. The molecule has 0 aliphatic heterocycles.